The van der Waals surface area contributed by atoms with Gasteiger partial charge in [0.25, 0.3) is 0 Å². The topological polar surface area (TPSA) is 68.4 Å². The van der Waals surface area contributed by atoms with Gasteiger partial charge < -0.3 is 15.2 Å². The number of aromatic amines is 1. The molecule has 24 heavy (non-hydrogen) atoms. The average Bonchev–Trinajstić information content (AvgIpc) is 3.02. The number of para-hydroxylation sites is 1. The smallest absolute Gasteiger partial charge is 0.243 e. The first-order valence-electron chi connectivity index (χ1n) is 8.36. The Morgan fingerprint density at radius 1 is 1.29 bits per heavy atom. The molecule has 0 aliphatic carbocycles. The van der Waals surface area contributed by atoms with Gasteiger partial charge in [-0.15, -0.1) is 0 Å². The van der Waals surface area contributed by atoms with Crippen molar-refractivity contribution in [1.82, 2.24) is 20.1 Å². The van der Waals surface area contributed by atoms with Crippen LogP contribution in [0.25, 0.3) is 10.9 Å². The van der Waals surface area contributed by atoms with E-state index in [9.17, 15) is 9.59 Å². The number of piperazine rings is 1. The van der Waals surface area contributed by atoms with Gasteiger partial charge in [-0.2, -0.15) is 0 Å². The molecule has 1 aromatic heterocycles. The highest BCUT2D eigenvalue weighted by atomic mass is 16.2. The number of benzene rings is 1. The zero-order valence-corrected chi connectivity index (χ0v) is 14.2. The van der Waals surface area contributed by atoms with E-state index in [0.29, 0.717) is 13.1 Å². The quantitative estimate of drug-likeness (QED) is 0.879. The van der Waals surface area contributed by atoms with Crippen LogP contribution in [0.2, 0.25) is 0 Å². The minimum atomic E-state index is -0.399. The summed E-state index contributed by atoms with van der Waals surface area (Å²) in [6, 6.07) is 7.88. The van der Waals surface area contributed by atoms with Crippen molar-refractivity contribution in [2.75, 3.05) is 33.2 Å². The number of amides is 2. The first kappa shape index (κ1) is 16.5. The van der Waals surface area contributed by atoms with E-state index in [1.165, 1.54) is 17.9 Å². The lowest BCUT2D eigenvalue weighted by molar-refractivity contribution is -0.142. The number of rotatable bonds is 4. The van der Waals surface area contributed by atoms with Crippen LogP contribution in [0, 0.1) is 0 Å². The van der Waals surface area contributed by atoms with Gasteiger partial charge in [0, 0.05) is 57.3 Å². The molecular weight excluding hydrogens is 304 g/mol. The van der Waals surface area contributed by atoms with Crippen molar-refractivity contribution in [2.24, 2.45) is 0 Å². The Morgan fingerprint density at radius 3 is 2.83 bits per heavy atom. The number of carbonyl (C=O) groups excluding carboxylic acids is 2. The molecule has 3 rings (SSSR count). The van der Waals surface area contributed by atoms with Crippen molar-refractivity contribution in [2.45, 2.75) is 19.4 Å². The fourth-order valence-electron chi connectivity index (χ4n) is 3.43. The van der Waals surface area contributed by atoms with Crippen LogP contribution in [0.15, 0.2) is 30.5 Å². The van der Waals surface area contributed by atoms with Gasteiger partial charge in [-0.25, -0.2) is 0 Å². The molecule has 0 bridgehead atoms. The molecule has 1 fully saturated rings. The Bertz CT molecular complexity index is 739. The SMILES string of the molecule is CNC(=O)C1CN(CCc2c[nH]c3ccccc23)CCN1C(C)=O. The van der Waals surface area contributed by atoms with Crippen molar-refractivity contribution < 1.29 is 9.59 Å². The van der Waals surface area contributed by atoms with Gasteiger partial charge >= 0.3 is 0 Å². The fourth-order valence-corrected chi connectivity index (χ4v) is 3.43. The first-order chi connectivity index (χ1) is 11.6. The van der Waals surface area contributed by atoms with Crippen molar-refractivity contribution in [3.05, 3.63) is 36.0 Å². The van der Waals surface area contributed by atoms with Gasteiger partial charge in [-0.3, -0.25) is 14.5 Å². The van der Waals surface area contributed by atoms with Gasteiger partial charge in [0.15, 0.2) is 0 Å². The molecule has 0 spiro atoms. The molecule has 2 amide bonds. The number of carbonyl (C=O) groups is 2. The highest BCUT2D eigenvalue weighted by Gasteiger charge is 2.33. The summed E-state index contributed by atoms with van der Waals surface area (Å²) < 4.78 is 0. The molecule has 2 N–H and O–H groups in total. The maximum absolute atomic E-state index is 12.1. The van der Waals surface area contributed by atoms with Crippen LogP contribution in [0.3, 0.4) is 0 Å². The largest absolute Gasteiger partial charge is 0.361 e. The monoisotopic (exact) mass is 328 g/mol. The van der Waals surface area contributed by atoms with E-state index in [4.69, 9.17) is 0 Å². The van der Waals surface area contributed by atoms with E-state index in [0.717, 1.165) is 25.0 Å². The number of nitrogens with zero attached hydrogens (tertiary/aromatic N) is 2. The lowest BCUT2D eigenvalue weighted by Crippen LogP contribution is -2.60. The lowest BCUT2D eigenvalue weighted by Gasteiger charge is -2.40. The van der Waals surface area contributed by atoms with Gasteiger partial charge in [0.2, 0.25) is 11.8 Å². The first-order valence-corrected chi connectivity index (χ1v) is 8.36. The Morgan fingerprint density at radius 2 is 2.08 bits per heavy atom. The Labute approximate surface area is 141 Å². The van der Waals surface area contributed by atoms with E-state index in [-0.39, 0.29) is 11.8 Å². The minimum absolute atomic E-state index is 0.0418. The molecule has 1 aliphatic heterocycles. The summed E-state index contributed by atoms with van der Waals surface area (Å²) in [4.78, 5) is 31.1. The maximum Gasteiger partial charge on any atom is 0.243 e. The number of hydrogen-bond donors (Lipinski definition) is 2. The number of likely N-dealkylation sites (N-methyl/N-ethyl adjacent to an activating group) is 1. The van der Waals surface area contributed by atoms with Crippen LogP contribution >= 0.6 is 0 Å². The summed E-state index contributed by atoms with van der Waals surface area (Å²) in [6.07, 6.45) is 2.98. The summed E-state index contributed by atoms with van der Waals surface area (Å²) in [5.74, 6) is -0.137. The molecule has 128 valence electrons. The number of nitrogens with one attached hydrogen (secondary N) is 2. The summed E-state index contributed by atoms with van der Waals surface area (Å²) >= 11 is 0. The number of H-pyrrole nitrogens is 1. The molecule has 1 atom stereocenters. The fraction of sp³-hybridized carbons (Fsp3) is 0.444. The summed E-state index contributed by atoms with van der Waals surface area (Å²) in [7, 11) is 1.62. The molecule has 6 nitrogen and oxygen atoms in total. The second-order valence-corrected chi connectivity index (χ2v) is 6.25. The summed E-state index contributed by atoms with van der Waals surface area (Å²) in [6.45, 7) is 4.39. The van der Waals surface area contributed by atoms with Crippen molar-refractivity contribution in [3.8, 4) is 0 Å². The average molecular weight is 328 g/mol. The predicted octanol–water partition coefficient (Wildman–Crippen LogP) is 0.989. The highest BCUT2D eigenvalue weighted by Crippen LogP contribution is 2.19. The van der Waals surface area contributed by atoms with E-state index < -0.39 is 6.04 Å². The molecule has 2 heterocycles. The van der Waals surface area contributed by atoms with Gasteiger partial charge in [0.1, 0.15) is 6.04 Å². The van der Waals surface area contributed by atoms with Gasteiger partial charge in [-0.1, -0.05) is 18.2 Å². The van der Waals surface area contributed by atoms with Gasteiger partial charge in [-0.05, 0) is 18.1 Å². The molecular formula is C18H24N4O2. The van der Waals surface area contributed by atoms with Crippen LogP contribution in [0.4, 0.5) is 0 Å². The minimum Gasteiger partial charge on any atom is -0.361 e. The Kier molecular flexibility index (Phi) is 4.85. The van der Waals surface area contributed by atoms with Crippen molar-refractivity contribution in [1.29, 1.82) is 0 Å². The van der Waals surface area contributed by atoms with E-state index in [2.05, 4.69) is 33.5 Å². The standard InChI is InChI=1S/C18H24N4O2/c1-13(23)22-10-9-21(12-17(22)18(24)19-2)8-7-14-11-20-16-6-4-3-5-15(14)16/h3-6,11,17,20H,7-10,12H2,1-2H3,(H,19,24). The molecule has 2 aromatic rings. The van der Waals surface area contributed by atoms with Crippen LogP contribution < -0.4 is 5.32 Å². The Hall–Kier alpha value is -2.34. The molecule has 1 aliphatic rings. The molecule has 1 aromatic carbocycles. The number of aromatic nitrogens is 1. The zero-order chi connectivity index (χ0) is 17.1. The molecule has 0 radical (unpaired) electrons. The van der Waals surface area contributed by atoms with E-state index in [1.54, 1.807) is 11.9 Å². The van der Waals surface area contributed by atoms with E-state index >= 15 is 0 Å². The van der Waals surface area contributed by atoms with Crippen LogP contribution in [0.1, 0.15) is 12.5 Å². The van der Waals surface area contributed by atoms with Crippen molar-refractivity contribution in [3.63, 3.8) is 0 Å². The van der Waals surface area contributed by atoms with Crippen molar-refractivity contribution >= 4 is 22.7 Å². The van der Waals surface area contributed by atoms with Crippen LogP contribution in [0.5, 0.6) is 0 Å². The normalized spacial score (nSPS) is 18.8. The Balaban J connectivity index is 1.65. The molecule has 6 heteroatoms. The zero-order valence-electron chi connectivity index (χ0n) is 14.2. The third kappa shape index (κ3) is 3.28. The maximum atomic E-state index is 12.1. The third-order valence-corrected chi connectivity index (χ3v) is 4.79. The summed E-state index contributed by atoms with van der Waals surface area (Å²) in [5, 5.41) is 3.92. The predicted molar refractivity (Wildman–Crippen MR) is 93.7 cm³/mol. The van der Waals surface area contributed by atoms with Gasteiger partial charge in [0.05, 0.1) is 0 Å². The van der Waals surface area contributed by atoms with Crippen LogP contribution in [-0.4, -0.2) is 65.9 Å². The molecule has 0 saturated carbocycles. The number of fused-ring (bicyclic) bond motifs is 1. The molecule has 1 unspecified atom stereocenters. The second-order valence-electron chi connectivity index (χ2n) is 6.25. The highest BCUT2D eigenvalue weighted by molar-refractivity contribution is 5.87. The summed E-state index contributed by atoms with van der Waals surface area (Å²) in [5.41, 5.74) is 2.44. The molecule has 1 saturated heterocycles. The van der Waals surface area contributed by atoms with E-state index in [1.807, 2.05) is 12.1 Å². The lowest BCUT2D eigenvalue weighted by atomic mass is 10.1. The van der Waals surface area contributed by atoms with Crippen LogP contribution in [-0.2, 0) is 16.0 Å². The third-order valence-electron chi connectivity index (χ3n) is 4.79. The number of hydrogen-bond acceptors (Lipinski definition) is 3. The second kappa shape index (κ2) is 7.05.